The molecule has 2 amide bonds. The van der Waals surface area contributed by atoms with Crippen LogP contribution in [0.3, 0.4) is 0 Å². The average Bonchev–Trinajstić information content (AvgIpc) is 2.11. The largest absolute Gasteiger partial charge is 0.481 e. The van der Waals surface area contributed by atoms with Crippen LogP contribution in [0.1, 0.15) is 40.5 Å². The van der Waals surface area contributed by atoms with Crippen LogP contribution >= 0.6 is 0 Å². The fraction of sp³-hybridized carbons (Fsp3) is 0.833. The average molecular weight is 244 g/mol. The first-order valence-electron chi connectivity index (χ1n) is 6.07. The van der Waals surface area contributed by atoms with Gasteiger partial charge >= 0.3 is 12.0 Å². The van der Waals surface area contributed by atoms with Crippen LogP contribution in [0, 0.1) is 11.8 Å². The van der Waals surface area contributed by atoms with Gasteiger partial charge in [-0.3, -0.25) is 4.79 Å². The number of rotatable bonds is 7. The van der Waals surface area contributed by atoms with Gasteiger partial charge in [-0.2, -0.15) is 0 Å². The van der Waals surface area contributed by atoms with Crippen molar-refractivity contribution in [2.24, 2.45) is 11.8 Å². The molecule has 0 aromatic carbocycles. The summed E-state index contributed by atoms with van der Waals surface area (Å²) >= 11 is 0. The van der Waals surface area contributed by atoms with E-state index in [1.807, 2.05) is 27.7 Å². The van der Waals surface area contributed by atoms with Crippen molar-refractivity contribution >= 4 is 12.0 Å². The molecule has 0 aliphatic carbocycles. The lowest BCUT2D eigenvalue weighted by atomic mass is 9.94. The summed E-state index contributed by atoms with van der Waals surface area (Å²) in [5.41, 5.74) is 0. The maximum atomic E-state index is 11.4. The minimum atomic E-state index is -0.818. The van der Waals surface area contributed by atoms with Gasteiger partial charge in [0.05, 0.1) is 0 Å². The minimum absolute atomic E-state index is 0.00888. The number of urea groups is 1. The van der Waals surface area contributed by atoms with E-state index in [2.05, 4.69) is 10.6 Å². The molecular weight excluding hydrogens is 220 g/mol. The Morgan fingerprint density at radius 2 is 1.76 bits per heavy atom. The Labute approximate surface area is 103 Å². The van der Waals surface area contributed by atoms with Crippen molar-refractivity contribution in [1.29, 1.82) is 0 Å². The maximum Gasteiger partial charge on any atom is 0.314 e. The molecule has 5 heteroatoms. The van der Waals surface area contributed by atoms with Crippen LogP contribution in [0.25, 0.3) is 0 Å². The van der Waals surface area contributed by atoms with Crippen molar-refractivity contribution in [2.45, 2.75) is 46.6 Å². The number of carbonyl (C=O) groups is 2. The lowest BCUT2D eigenvalue weighted by molar-refractivity contribution is -0.138. The number of hydrogen-bond donors (Lipinski definition) is 3. The Morgan fingerprint density at radius 3 is 2.18 bits per heavy atom. The second-order valence-corrected chi connectivity index (χ2v) is 5.10. The summed E-state index contributed by atoms with van der Waals surface area (Å²) in [6, 6.07) is -0.155. The molecule has 0 unspecified atom stereocenters. The summed E-state index contributed by atoms with van der Waals surface area (Å²) in [7, 11) is 0. The van der Waals surface area contributed by atoms with E-state index >= 15 is 0 Å². The Hall–Kier alpha value is -1.26. The standard InChI is InChI=1S/C12H24N2O3/c1-8(2)5-10(6-11(15)16)7-13-12(17)14-9(3)4/h8-10H,5-7H2,1-4H3,(H,15,16)(H2,13,14,17)/t10-/m0/s1. The van der Waals surface area contributed by atoms with Crippen LogP contribution in [-0.4, -0.2) is 29.7 Å². The fourth-order valence-electron chi connectivity index (χ4n) is 1.70. The van der Waals surface area contributed by atoms with Crippen molar-refractivity contribution in [2.75, 3.05) is 6.54 Å². The molecule has 0 saturated heterocycles. The number of nitrogens with one attached hydrogen (secondary N) is 2. The van der Waals surface area contributed by atoms with Gasteiger partial charge in [0.25, 0.3) is 0 Å². The Balaban J connectivity index is 4.06. The van der Waals surface area contributed by atoms with E-state index in [1.54, 1.807) is 0 Å². The minimum Gasteiger partial charge on any atom is -0.481 e. The quantitative estimate of drug-likeness (QED) is 0.639. The molecule has 0 radical (unpaired) electrons. The number of carbonyl (C=O) groups excluding carboxylic acids is 1. The predicted octanol–water partition coefficient (Wildman–Crippen LogP) is 1.83. The van der Waals surface area contributed by atoms with E-state index in [0.717, 1.165) is 6.42 Å². The maximum absolute atomic E-state index is 11.4. The number of hydrogen-bond acceptors (Lipinski definition) is 2. The number of carboxylic acid groups (broad SMARTS) is 1. The van der Waals surface area contributed by atoms with Crippen LogP contribution < -0.4 is 10.6 Å². The van der Waals surface area contributed by atoms with E-state index in [1.165, 1.54) is 0 Å². The molecule has 100 valence electrons. The molecule has 5 nitrogen and oxygen atoms in total. The van der Waals surface area contributed by atoms with E-state index in [0.29, 0.717) is 12.5 Å². The summed E-state index contributed by atoms with van der Waals surface area (Å²) in [6.45, 7) is 8.25. The van der Waals surface area contributed by atoms with E-state index in [9.17, 15) is 9.59 Å². The summed E-state index contributed by atoms with van der Waals surface area (Å²) < 4.78 is 0. The summed E-state index contributed by atoms with van der Waals surface area (Å²) in [4.78, 5) is 22.0. The second-order valence-electron chi connectivity index (χ2n) is 5.10. The molecule has 0 aromatic rings. The molecule has 3 N–H and O–H groups in total. The van der Waals surface area contributed by atoms with Crippen molar-refractivity contribution in [3.05, 3.63) is 0 Å². The lowest BCUT2D eigenvalue weighted by Gasteiger charge is -2.18. The van der Waals surface area contributed by atoms with Crippen molar-refractivity contribution in [3.8, 4) is 0 Å². The van der Waals surface area contributed by atoms with Crippen LogP contribution in [0.5, 0.6) is 0 Å². The van der Waals surface area contributed by atoms with Crippen LogP contribution in [0.15, 0.2) is 0 Å². The molecule has 0 spiro atoms. The van der Waals surface area contributed by atoms with Crippen molar-refractivity contribution < 1.29 is 14.7 Å². The van der Waals surface area contributed by atoms with Crippen LogP contribution in [-0.2, 0) is 4.79 Å². The monoisotopic (exact) mass is 244 g/mol. The zero-order valence-corrected chi connectivity index (χ0v) is 11.1. The van der Waals surface area contributed by atoms with Crippen LogP contribution in [0.4, 0.5) is 4.79 Å². The highest BCUT2D eigenvalue weighted by Gasteiger charge is 2.16. The van der Waals surface area contributed by atoms with Gasteiger partial charge in [0.2, 0.25) is 0 Å². The van der Waals surface area contributed by atoms with E-state index < -0.39 is 5.97 Å². The third-order valence-corrected chi connectivity index (χ3v) is 2.24. The first-order chi connectivity index (χ1) is 7.81. The highest BCUT2D eigenvalue weighted by Crippen LogP contribution is 2.14. The molecule has 1 atom stereocenters. The fourth-order valence-corrected chi connectivity index (χ4v) is 1.70. The Bertz CT molecular complexity index is 252. The number of carboxylic acids is 1. The number of aliphatic carboxylic acids is 1. The molecule has 0 rings (SSSR count). The molecule has 0 bridgehead atoms. The van der Waals surface area contributed by atoms with Gasteiger partial charge in [-0.25, -0.2) is 4.79 Å². The highest BCUT2D eigenvalue weighted by atomic mass is 16.4. The summed E-state index contributed by atoms with van der Waals surface area (Å²) in [5, 5.41) is 14.2. The second kappa shape index (κ2) is 7.92. The lowest BCUT2D eigenvalue weighted by Crippen LogP contribution is -2.41. The van der Waals surface area contributed by atoms with Gasteiger partial charge in [0.15, 0.2) is 0 Å². The highest BCUT2D eigenvalue weighted by molar-refractivity contribution is 5.74. The van der Waals surface area contributed by atoms with Gasteiger partial charge < -0.3 is 15.7 Å². The van der Waals surface area contributed by atoms with Gasteiger partial charge in [-0.1, -0.05) is 13.8 Å². The van der Waals surface area contributed by atoms with Gasteiger partial charge in [-0.05, 0) is 32.1 Å². The van der Waals surface area contributed by atoms with E-state index in [4.69, 9.17) is 5.11 Å². The normalized spacial score (nSPS) is 12.6. The van der Waals surface area contributed by atoms with Gasteiger partial charge in [0.1, 0.15) is 0 Å². The third kappa shape index (κ3) is 9.66. The first kappa shape index (κ1) is 15.7. The predicted molar refractivity (Wildman–Crippen MR) is 66.9 cm³/mol. The van der Waals surface area contributed by atoms with E-state index in [-0.39, 0.29) is 24.4 Å². The van der Waals surface area contributed by atoms with Gasteiger partial charge in [0, 0.05) is 19.0 Å². The summed E-state index contributed by atoms with van der Waals surface area (Å²) in [6.07, 6.45) is 0.897. The Morgan fingerprint density at radius 1 is 1.18 bits per heavy atom. The molecule has 17 heavy (non-hydrogen) atoms. The first-order valence-corrected chi connectivity index (χ1v) is 6.07. The SMILES string of the molecule is CC(C)C[C@H](CNC(=O)NC(C)C)CC(=O)O. The third-order valence-electron chi connectivity index (χ3n) is 2.24. The van der Waals surface area contributed by atoms with Crippen molar-refractivity contribution in [1.82, 2.24) is 10.6 Å². The zero-order valence-electron chi connectivity index (χ0n) is 11.1. The summed E-state index contributed by atoms with van der Waals surface area (Å²) in [5.74, 6) is -0.401. The van der Waals surface area contributed by atoms with Gasteiger partial charge in [-0.15, -0.1) is 0 Å². The molecule has 0 aliphatic rings. The molecule has 0 aromatic heterocycles. The zero-order chi connectivity index (χ0) is 13.4. The smallest absolute Gasteiger partial charge is 0.314 e. The molecule has 0 heterocycles. The van der Waals surface area contributed by atoms with Crippen molar-refractivity contribution in [3.63, 3.8) is 0 Å². The molecular formula is C12H24N2O3. The topological polar surface area (TPSA) is 78.4 Å². The molecule has 0 fully saturated rings. The number of amides is 2. The van der Waals surface area contributed by atoms with Crippen LogP contribution in [0.2, 0.25) is 0 Å². The molecule has 0 aliphatic heterocycles. The Kier molecular flexibility index (Phi) is 7.34. The molecule has 0 saturated carbocycles.